The zero-order valence-electron chi connectivity index (χ0n) is 25.3. The highest BCUT2D eigenvalue weighted by molar-refractivity contribution is 6.38. The second-order valence-electron chi connectivity index (χ2n) is 13.3. The number of Topliss-reactive ketones (excluding diaryl/α,β-unsaturated/α-hetero) is 1. The fourth-order valence-electron chi connectivity index (χ4n) is 6.31. The molecule has 1 aliphatic carbocycles. The summed E-state index contributed by atoms with van der Waals surface area (Å²) in [5.74, 6) is -1.94. The SMILES string of the molecule is CCCNC(=O)C(=O)[C@@H]1CCCCCCCCC[C@H](NC(=O)OC(C)(C)C)C(=O)N2C[C@H]3[C@@H]([C@H]2C(=O)N1)C3(C)C. The minimum atomic E-state index is -0.939. The lowest BCUT2D eigenvalue weighted by atomic mass is 9.96. The van der Waals surface area contributed by atoms with Gasteiger partial charge in [0, 0.05) is 13.1 Å². The maximum Gasteiger partial charge on any atom is 0.408 e. The first-order valence-electron chi connectivity index (χ1n) is 15.2. The van der Waals surface area contributed by atoms with Gasteiger partial charge in [0.05, 0.1) is 6.04 Å². The smallest absolute Gasteiger partial charge is 0.408 e. The van der Waals surface area contributed by atoms with Gasteiger partial charge >= 0.3 is 6.09 Å². The van der Waals surface area contributed by atoms with Gasteiger partial charge in [-0.25, -0.2) is 4.79 Å². The van der Waals surface area contributed by atoms with E-state index in [-0.39, 0.29) is 23.2 Å². The van der Waals surface area contributed by atoms with Gasteiger partial charge in [0.1, 0.15) is 17.7 Å². The van der Waals surface area contributed by atoms with Gasteiger partial charge in [0.2, 0.25) is 17.6 Å². The van der Waals surface area contributed by atoms with E-state index >= 15 is 0 Å². The zero-order valence-corrected chi connectivity index (χ0v) is 25.3. The average molecular weight is 563 g/mol. The monoisotopic (exact) mass is 562 g/mol. The number of ether oxygens (including phenoxy) is 1. The summed E-state index contributed by atoms with van der Waals surface area (Å²) < 4.78 is 5.44. The third-order valence-corrected chi connectivity index (χ3v) is 8.63. The quantitative estimate of drug-likeness (QED) is 0.440. The van der Waals surface area contributed by atoms with Crippen LogP contribution < -0.4 is 16.0 Å². The Balaban J connectivity index is 1.86. The largest absolute Gasteiger partial charge is 0.444 e. The van der Waals surface area contributed by atoms with E-state index in [4.69, 9.17) is 4.74 Å². The molecule has 3 fully saturated rings. The lowest BCUT2D eigenvalue weighted by molar-refractivity contribution is -0.144. The molecule has 0 aromatic heterocycles. The number of alkyl carbamates (subject to hydrolysis) is 1. The standard InChI is InChI=1S/C30H50N4O6/c1-7-17-31-26(37)24(35)20-15-13-11-9-8-10-12-14-16-21(33-28(39)40-29(2,3)4)27(38)34-18-19-22(30(19,5)6)23(34)25(36)32-20/h19-23H,7-18H2,1-6H3,(H,31,37)(H,32,36)(H,33,39)/t19-,20-,21-,22-,23-/m0/s1. The molecular formula is C30H50N4O6. The van der Waals surface area contributed by atoms with Crippen LogP contribution >= 0.6 is 0 Å². The number of piperidine rings is 1. The van der Waals surface area contributed by atoms with E-state index in [0.717, 1.165) is 44.9 Å². The molecule has 40 heavy (non-hydrogen) atoms. The van der Waals surface area contributed by atoms with Crippen molar-refractivity contribution in [2.75, 3.05) is 13.1 Å². The summed E-state index contributed by atoms with van der Waals surface area (Å²) >= 11 is 0. The fourth-order valence-corrected chi connectivity index (χ4v) is 6.31. The molecule has 3 rings (SSSR count). The maximum absolute atomic E-state index is 13.9. The van der Waals surface area contributed by atoms with E-state index in [0.29, 0.717) is 32.4 Å². The van der Waals surface area contributed by atoms with Crippen molar-refractivity contribution in [2.24, 2.45) is 17.3 Å². The lowest BCUT2D eigenvalue weighted by Gasteiger charge is -2.34. The van der Waals surface area contributed by atoms with Crippen LogP contribution in [0.15, 0.2) is 0 Å². The van der Waals surface area contributed by atoms with Crippen LogP contribution in [0.5, 0.6) is 0 Å². The maximum atomic E-state index is 13.9. The molecule has 2 aliphatic heterocycles. The summed E-state index contributed by atoms with van der Waals surface area (Å²) in [4.78, 5) is 67.6. The molecule has 10 nitrogen and oxygen atoms in total. The summed E-state index contributed by atoms with van der Waals surface area (Å²) in [7, 11) is 0. The number of hydrogen-bond acceptors (Lipinski definition) is 6. The number of nitrogens with one attached hydrogen (secondary N) is 3. The van der Waals surface area contributed by atoms with Crippen molar-refractivity contribution in [3.8, 4) is 0 Å². The molecule has 2 saturated heterocycles. The first kappa shape index (κ1) is 31.9. The molecule has 0 radical (unpaired) electrons. The van der Waals surface area contributed by atoms with Crippen molar-refractivity contribution in [1.29, 1.82) is 0 Å². The van der Waals surface area contributed by atoms with Crippen LogP contribution in [0.3, 0.4) is 0 Å². The number of ketones is 1. The van der Waals surface area contributed by atoms with Crippen LogP contribution in [-0.2, 0) is 23.9 Å². The van der Waals surface area contributed by atoms with Crippen molar-refractivity contribution in [3.05, 3.63) is 0 Å². The molecule has 3 N–H and O–H groups in total. The molecule has 226 valence electrons. The molecule has 3 aliphatic rings. The highest BCUT2D eigenvalue weighted by Crippen LogP contribution is 2.65. The Kier molecular flexibility index (Phi) is 10.6. The van der Waals surface area contributed by atoms with Crippen LogP contribution in [0, 0.1) is 17.3 Å². The molecule has 0 aromatic carbocycles. The third-order valence-electron chi connectivity index (χ3n) is 8.63. The minimum absolute atomic E-state index is 0.0535. The number of amides is 4. The van der Waals surface area contributed by atoms with Gasteiger partial charge in [-0.2, -0.15) is 0 Å². The minimum Gasteiger partial charge on any atom is -0.444 e. The predicted molar refractivity (Wildman–Crippen MR) is 151 cm³/mol. The molecule has 2 heterocycles. The Bertz CT molecular complexity index is 958. The summed E-state index contributed by atoms with van der Waals surface area (Å²) in [5, 5.41) is 8.28. The molecule has 0 aromatic rings. The van der Waals surface area contributed by atoms with Gasteiger partial charge in [-0.15, -0.1) is 0 Å². The molecule has 0 bridgehead atoms. The van der Waals surface area contributed by atoms with Gasteiger partial charge in [0.25, 0.3) is 5.91 Å². The van der Waals surface area contributed by atoms with Crippen molar-refractivity contribution in [3.63, 3.8) is 0 Å². The van der Waals surface area contributed by atoms with Crippen LogP contribution in [0.4, 0.5) is 4.79 Å². The van der Waals surface area contributed by atoms with E-state index in [2.05, 4.69) is 29.8 Å². The average Bonchev–Trinajstić information content (AvgIpc) is 3.19. The molecular weight excluding hydrogens is 512 g/mol. The Morgan fingerprint density at radius 1 is 1.00 bits per heavy atom. The highest BCUT2D eigenvalue weighted by atomic mass is 16.6. The first-order valence-corrected chi connectivity index (χ1v) is 15.2. The highest BCUT2D eigenvalue weighted by Gasteiger charge is 2.69. The molecule has 0 spiro atoms. The Morgan fingerprint density at radius 2 is 1.60 bits per heavy atom. The third kappa shape index (κ3) is 7.97. The van der Waals surface area contributed by atoms with Crippen LogP contribution in [0.2, 0.25) is 0 Å². The molecule has 10 heteroatoms. The fraction of sp³-hybridized carbons (Fsp3) is 0.833. The van der Waals surface area contributed by atoms with E-state index in [1.807, 2.05) is 6.92 Å². The summed E-state index contributed by atoms with van der Waals surface area (Å²) in [6.45, 7) is 12.2. The van der Waals surface area contributed by atoms with E-state index in [1.165, 1.54) is 0 Å². The number of hydrogen-bond donors (Lipinski definition) is 3. The van der Waals surface area contributed by atoms with Gasteiger partial charge < -0.3 is 25.6 Å². The van der Waals surface area contributed by atoms with Gasteiger partial charge in [-0.1, -0.05) is 65.7 Å². The van der Waals surface area contributed by atoms with Gasteiger partial charge in [0.15, 0.2) is 0 Å². The van der Waals surface area contributed by atoms with Gasteiger partial charge in [-0.3, -0.25) is 19.2 Å². The second kappa shape index (κ2) is 13.3. The zero-order chi connectivity index (χ0) is 29.7. The van der Waals surface area contributed by atoms with Crippen LogP contribution in [-0.4, -0.2) is 71.3 Å². The summed E-state index contributed by atoms with van der Waals surface area (Å²) in [5.41, 5.74) is -0.830. The lowest BCUT2D eigenvalue weighted by Crippen LogP contribution is -2.58. The van der Waals surface area contributed by atoms with E-state index in [1.54, 1.807) is 25.7 Å². The topological polar surface area (TPSA) is 134 Å². The molecule has 1 saturated carbocycles. The normalized spacial score (nSPS) is 29.4. The van der Waals surface area contributed by atoms with Crippen molar-refractivity contribution in [2.45, 2.75) is 129 Å². The first-order chi connectivity index (χ1) is 18.8. The molecule has 5 atom stereocenters. The second-order valence-corrected chi connectivity index (χ2v) is 13.3. The Morgan fingerprint density at radius 3 is 2.20 bits per heavy atom. The van der Waals surface area contributed by atoms with Crippen LogP contribution in [0.25, 0.3) is 0 Å². The molecule has 0 unspecified atom stereocenters. The van der Waals surface area contributed by atoms with Gasteiger partial charge in [-0.05, 0) is 57.3 Å². The van der Waals surface area contributed by atoms with Crippen LogP contribution in [0.1, 0.15) is 106 Å². The predicted octanol–water partition coefficient (Wildman–Crippen LogP) is 3.47. The Hall–Kier alpha value is -2.65. The van der Waals surface area contributed by atoms with Crippen molar-refractivity contribution < 1.29 is 28.7 Å². The summed E-state index contributed by atoms with van der Waals surface area (Å²) in [6, 6.07) is -2.51. The van der Waals surface area contributed by atoms with E-state index < -0.39 is 47.4 Å². The number of carbonyl (C=O) groups excluding carboxylic acids is 5. The van der Waals surface area contributed by atoms with E-state index in [9.17, 15) is 24.0 Å². The van der Waals surface area contributed by atoms with Crippen molar-refractivity contribution >= 4 is 29.6 Å². The summed E-state index contributed by atoms with van der Waals surface area (Å²) in [6.07, 6.45) is 7.24. The molecule has 4 amide bonds. The number of carbonyl (C=O) groups is 5. The number of nitrogens with zero attached hydrogens (tertiary/aromatic N) is 1. The van der Waals surface area contributed by atoms with Crippen molar-refractivity contribution in [1.82, 2.24) is 20.9 Å². The number of rotatable bonds is 5. The Labute approximate surface area is 239 Å². The number of fused-ring (bicyclic) bond motifs is 3.